The highest BCUT2D eigenvalue weighted by molar-refractivity contribution is 5.69. The van der Waals surface area contributed by atoms with Gasteiger partial charge in [0.05, 0.1) is 18.8 Å². The van der Waals surface area contributed by atoms with Crippen molar-refractivity contribution in [3.8, 4) is 0 Å². The van der Waals surface area contributed by atoms with Gasteiger partial charge >= 0.3 is 6.09 Å². The lowest BCUT2D eigenvalue weighted by Gasteiger charge is -2.44. The Morgan fingerprint density at radius 1 is 1.29 bits per heavy atom. The van der Waals surface area contributed by atoms with Crippen molar-refractivity contribution < 1.29 is 14.3 Å². The van der Waals surface area contributed by atoms with Gasteiger partial charge in [-0.25, -0.2) is 4.79 Å². The fraction of sp³-hybridized carbons (Fsp3) is 0.923. The topological polar surface area (TPSA) is 38.8 Å². The monoisotopic (exact) mass is 241 g/mol. The molecule has 1 heterocycles. The molecule has 1 aliphatic carbocycles. The summed E-state index contributed by atoms with van der Waals surface area (Å²) in [4.78, 5) is 14.1. The normalized spacial score (nSPS) is 24.1. The van der Waals surface area contributed by atoms with E-state index >= 15 is 0 Å². The van der Waals surface area contributed by atoms with Crippen LogP contribution >= 0.6 is 0 Å². The molecule has 1 aliphatic heterocycles. The van der Waals surface area contributed by atoms with Gasteiger partial charge in [0.1, 0.15) is 5.60 Å². The first kappa shape index (κ1) is 12.7. The predicted molar refractivity (Wildman–Crippen MR) is 65.0 cm³/mol. The minimum atomic E-state index is -0.421. The van der Waals surface area contributed by atoms with Crippen LogP contribution in [0.25, 0.3) is 0 Å². The molecule has 4 heteroatoms. The molecule has 0 atom stereocenters. The van der Waals surface area contributed by atoms with Crippen LogP contribution in [0.4, 0.5) is 4.79 Å². The fourth-order valence-corrected chi connectivity index (χ4v) is 2.78. The van der Waals surface area contributed by atoms with Crippen LogP contribution in [0.1, 0.15) is 46.5 Å². The third-order valence-electron chi connectivity index (χ3n) is 3.55. The van der Waals surface area contributed by atoms with Gasteiger partial charge in [-0.15, -0.1) is 0 Å². The molecule has 4 nitrogen and oxygen atoms in total. The zero-order valence-electron chi connectivity index (χ0n) is 11.1. The molecule has 0 aromatic rings. The summed E-state index contributed by atoms with van der Waals surface area (Å²) in [7, 11) is 0. The summed E-state index contributed by atoms with van der Waals surface area (Å²) in [6, 6.07) is 0. The smallest absolute Gasteiger partial charge is 0.410 e. The fourth-order valence-electron chi connectivity index (χ4n) is 2.78. The Morgan fingerprint density at radius 2 is 1.94 bits per heavy atom. The molecular formula is C13H23NO3. The van der Waals surface area contributed by atoms with E-state index in [1.165, 1.54) is 12.8 Å². The van der Waals surface area contributed by atoms with Crippen molar-refractivity contribution in [2.75, 3.05) is 19.8 Å². The maximum absolute atomic E-state index is 12.2. The maximum atomic E-state index is 12.2. The van der Waals surface area contributed by atoms with Crippen LogP contribution in [-0.4, -0.2) is 41.9 Å². The lowest BCUT2D eigenvalue weighted by Crippen LogP contribution is -2.58. The summed E-state index contributed by atoms with van der Waals surface area (Å²) in [5, 5.41) is 0. The third kappa shape index (κ3) is 2.73. The van der Waals surface area contributed by atoms with Gasteiger partial charge < -0.3 is 9.47 Å². The number of carbonyl (C=O) groups is 1. The largest absolute Gasteiger partial charge is 0.444 e. The van der Waals surface area contributed by atoms with Crippen molar-refractivity contribution in [2.24, 2.45) is 0 Å². The standard InChI is InChI=1S/C13H23NO3/c1-12(2,3)17-11(15)14-8-9-16-10-13(14)6-4-5-7-13/h4-10H2,1-3H3. The highest BCUT2D eigenvalue weighted by atomic mass is 16.6. The first-order chi connectivity index (χ1) is 7.93. The minimum Gasteiger partial charge on any atom is -0.444 e. The summed E-state index contributed by atoms with van der Waals surface area (Å²) < 4.78 is 11.1. The van der Waals surface area contributed by atoms with Gasteiger partial charge in [0, 0.05) is 6.54 Å². The van der Waals surface area contributed by atoms with Gasteiger partial charge in [-0.1, -0.05) is 12.8 Å². The molecule has 1 saturated heterocycles. The van der Waals surface area contributed by atoms with Crippen LogP contribution in [0, 0.1) is 0 Å². The van der Waals surface area contributed by atoms with Crippen LogP contribution in [0.5, 0.6) is 0 Å². The Hall–Kier alpha value is -0.770. The molecule has 1 spiro atoms. The van der Waals surface area contributed by atoms with Crippen molar-refractivity contribution in [3.05, 3.63) is 0 Å². The Morgan fingerprint density at radius 3 is 2.53 bits per heavy atom. The molecule has 0 N–H and O–H groups in total. The number of ether oxygens (including phenoxy) is 2. The maximum Gasteiger partial charge on any atom is 0.410 e. The average Bonchev–Trinajstić information content (AvgIpc) is 2.65. The van der Waals surface area contributed by atoms with Crippen molar-refractivity contribution in [1.82, 2.24) is 4.90 Å². The van der Waals surface area contributed by atoms with Crippen molar-refractivity contribution >= 4 is 6.09 Å². The Bertz CT molecular complexity index is 290. The van der Waals surface area contributed by atoms with E-state index in [-0.39, 0.29) is 11.6 Å². The molecule has 0 unspecified atom stereocenters. The van der Waals surface area contributed by atoms with Crippen molar-refractivity contribution in [1.29, 1.82) is 0 Å². The molecule has 17 heavy (non-hydrogen) atoms. The molecule has 0 radical (unpaired) electrons. The van der Waals surface area contributed by atoms with Crippen molar-refractivity contribution in [2.45, 2.75) is 57.6 Å². The van der Waals surface area contributed by atoms with Crippen LogP contribution in [0.3, 0.4) is 0 Å². The highest BCUT2D eigenvalue weighted by Crippen LogP contribution is 2.38. The molecular weight excluding hydrogens is 218 g/mol. The van der Waals surface area contributed by atoms with Crippen LogP contribution in [0.2, 0.25) is 0 Å². The first-order valence-electron chi connectivity index (χ1n) is 6.51. The first-order valence-corrected chi connectivity index (χ1v) is 6.51. The van der Waals surface area contributed by atoms with Gasteiger partial charge in [-0.2, -0.15) is 0 Å². The van der Waals surface area contributed by atoms with Gasteiger partial charge in [0.15, 0.2) is 0 Å². The van der Waals surface area contributed by atoms with Crippen LogP contribution < -0.4 is 0 Å². The molecule has 2 aliphatic rings. The molecule has 2 rings (SSSR count). The summed E-state index contributed by atoms with van der Waals surface area (Å²) in [5.74, 6) is 0. The van der Waals surface area contributed by atoms with Gasteiger partial charge in [-0.3, -0.25) is 4.90 Å². The van der Waals surface area contributed by atoms with Crippen LogP contribution in [-0.2, 0) is 9.47 Å². The second-order valence-electron chi connectivity index (χ2n) is 6.12. The van der Waals surface area contributed by atoms with E-state index < -0.39 is 5.60 Å². The Kier molecular flexibility index (Phi) is 3.34. The van der Waals surface area contributed by atoms with Crippen LogP contribution in [0.15, 0.2) is 0 Å². The number of rotatable bonds is 0. The third-order valence-corrected chi connectivity index (χ3v) is 3.55. The number of morpholine rings is 1. The number of amides is 1. The Balaban J connectivity index is 2.08. The SMILES string of the molecule is CC(C)(C)OC(=O)N1CCOCC12CCCC2. The number of hydrogen-bond donors (Lipinski definition) is 0. The van der Waals surface area contributed by atoms with Crippen molar-refractivity contribution in [3.63, 3.8) is 0 Å². The summed E-state index contributed by atoms with van der Waals surface area (Å²) in [5.41, 5.74) is -0.504. The molecule has 1 saturated carbocycles. The van der Waals surface area contributed by atoms with E-state index in [0.717, 1.165) is 12.8 Å². The highest BCUT2D eigenvalue weighted by Gasteiger charge is 2.45. The quantitative estimate of drug-likeness (QED) is 0.654. The van der Waals surface area contributed by atoms with Gasteiger partial charge in [0.2, 0.25) is 0 Å². The molecule has 0 aromatic heterocycles. The zero-order chi connectivity index (χ0) is 12.5. The average molecular weight is 241 g/mol. The second-order valence-corrected chi connectivity index (χ2v) is 6.12. The molecule has 1 amide bonds. The molecule has 2 fully saturated rings. The second kappa shape index (κ2) is 4.48. The number of carbonyl (C=O) groups excluding carboxylic acids is 1. The van der Waals surface area contributed by atoms with E-state index in [4.69, 9.17) is 9.47 Å². The van der Waals surface area contributed by atoms with Gasteiger partial charge in [-0.05, 0) is 33.6 Å². The van der Waals surface area contributed by atoms with Gasteiger partial charge in [0.25, 0.3) is 0 Å². The molecule has 0 aromatic carbocycles. The zero-order valence-corrected chi connectivity index (χ0v) is 11.1. The van der Waals surface area contributed by atoms with E-state index in [1.54, 1.807) is 0 Å². The summed E-state index contributed by atoms with van der Waals surface area (Å²) in [6.07, 6.45) is 4.28. The van der Waals surface area contributed by atoms with E-state index in [9.17, 15) is 4.79 Å². The summed E-state index contributed by atoms with van der Waals surface area (Å²) in [6.45, 7) is 7.69. The number of nitrogens with zero attached hydrogens (tertiary/aromatic N) is 1. The van der Waals surface area contributed by atoms with E-state index in [1.807, 2.05) is 25.7 Å². The molecule has 98 valence electrons. The lowest BCUT2D eigenvalue weighted by atomic mass is 9.95. The number of hydrogen-bond acceptors (Lipinski definition) is 3. The minimum absolute atomic E-state index is 0.0828. The Labute approximate surface area is 103 Å². The van der Waals surface area contributed by atoms with E-state index in [0.29, 0.717) is 19.8 Å². The van der Waals surface area contributed by atoms with E-state index in [2.05, 4.69) is 0 Å². The predicted octanol–water partition coefficient (Wildman–Crippen LogP) is 2.57. The molecule has 0 bridgehead atoms. The lowest BCUT2D eigenvalue weighted by molar-refractivity contribution is -0.0727. The summed E-state index contributed by atoms with van der Waals surface area (Å²) >= 11 is 0.